The molecule has 2 atom stereocenters. The minimum atomic E-state index is -0.855. The molecular formula is C25H29FN4O5. The second-order valence-corrected chi connectivity index (χ2v) is 9.61. The van der Waals surface area contributed by atoms with E-state index in [1.54, 1.807) is 6.07 Å². The van der Waals surface area contributed by atoms with E-state index in [0.717, 1.165) is 37.8 Å². The highest BCUT2D eigenvalue weighted by Crippen LogP contribution is 2.35. The van der Waals surface area contributed by atoms with Gasteiger partial charge in [0.25, 0.3) is 5.91 Å². The van der Waals surface area contributed by atoms with Crippen molar-refractivity contribution in [2.75, 3.05) is 13.2 Å². The van der Waals surface area contributed by atoms with Crippen LogP contribution in [0.5, 0.6) is 0 Å². The van der Waals surface area contributed by atoms with Gasteiger partial charge in [-0.3, -0.25) is 9.59 Å². The van der Waals surface area contributed by atoms with Crippen molar-refractivity contribution in [3.05, 3.63) is 47.7 Å². The van der Waals surface area contributed by atoms with Crippen LogP contribution in [-0.2, 0) is 9.53 Å². The lowest BCUT2D eigenvalue weighted by molar-refractivity contribution is -0.141. The van der Waals surface area contributed by atoms with Crippen LogP contribution in [0.25, 0.3) is 11.0 Å². The van der Waals surface area contributed by atoms with Crippen molar-refractivity contribution in [3.8, 4) is 0 Å². The van der Waals surface area contributed by atoms with Crippen LogP contribution in [-0.4, -0.2) is 51.2 Å². The van der Waals surface area contributed by atoms with Gasteiger partial charge < -0.3 is 19.6 Å². The van der Waals surface area contributed by atoms with Crippen LogP contribution in [0.2, 0.25) is 0 Å². The Bertz CT molecular complexity index is 1200. The molecule has 1 saturated heterocycles. The van der Waals surface area contributed by atoms with E-state index in [0.29, 0.717) is 42.4 Å². The molecule has 0 bridgehead atoms. The van der Waals surface area contributed by atoms with E-state index in [1.807, 2.05) is 10.9 Å². The number of carboxylic acid groups (broad SMARTS) is 1. The maximum atomic E-state index is 14.3. The summed E-state index contributed by atoms with van der Waals surface area (Å²) in [4.78, 5) is 23.5. The zero-order valence-electron chi connectivity index (χ0n) is 19.4. The molecule has 10 heteroatoms. The summed E-state index contributed by atoms with van der Waals surface area (Å²) >= 11 is 0. The standard InChI is InChI=1S/C25H29FN4O5/c26-21-12-23-17(5-7-35-23)9-20(21)25(33)27-13-15-1-3-16(4-2-15)22-14-30(29-28-22)18-6-8-34-19(10-18)11-24(31)32/h5,7,9,12,14-16,18-19H,1-4,6,8,10-11,13H2,(H,27,33)(H,31,32). The van der Waals surface area contributed by atoms with Gasteiger partial charge in [0.1, 0.15) is 11.4 Å². The van der Waals surface area contributed by atoms with Crippen LogP contribution >= 0.6 is 0 Å². The number of aromatic nitrogens is 3. The molecule has 1 aromatic carbocycles. The number of fused-ring (bicyclic) bond motifs is 1. The summed E-state index contributed by atoms with van der Waals surface area (Å²) in [5.41, 5.74) is 1.42. The smallest absolute Gasteiger partial charge is 0.305 e. The number of furan rings is 1. The van der Waals surface area contributed by atoms with Crippen molar-refractivity contribution in [1.82, 2.24) is 20.3 Å². The molecule has 2 unspecified atom stereocenters. The zero-order chi connectivity index (χ0) is 24.4. The van der Waals surface area contributed by atoms with Gasteiger partial charge in [-0.05, 0) is 56.6 Å². The number of aliphatic carboxylic acids is 1. The third kappa shape index (κ3) is 5.37. The maximum absolute atomic E-state index is 14.3. The van der Waals surface area contributed by atoms with Crippen molar-refractivity contribution < 1.29 is 28.2 Å². The molecule has 186 valence electrons. The fraction of sp³-hybridized carbons (Fsp3) is 0.520. The fourth-order valence-electron chi connectivity index (χ4n) is 5.25. The van der Waals surface area contributed by atoms with Crippen molar-refractivity contribution in [1.29, 1.82) is 0 Å². The molecule has 3 heterocycles. The SMILES string of the molecule is O=C(O)CC1CC(n2cc(C3CCC(CNC(=O)c4cc5ccoc5cc4F)CC3)nn2)CCO1. The van der Waals surface area contributed by atoms with Gasteiger partial charge in [-0.1, -0.05) is 5.21 Å². The third-order valence-corrected chi connectivity index (χ3v) is 7.25. The molecule has 35 heavy (non-hydrogen) atoms. The zero-order valence-corrected chi connectivity index (χ0v) is 19.4. The first kappa shape index (κ1) is 23.5. The van der Waals surface area contributed by atoms with E-state index in [9.17, 15) is 14.0 Å². The fourth-order valence-corrected chi connectivity index (χ4v) is 5.25. The predicted molar refractivity (Wildman–Crippen MR) is 123 cm³/mol. The second kappa shape index (κ2) is 10.2. The molecule has 0 radical (unpaired) electrons. The average molecular weight is 485 g/mol. The molecule has 1 amide bonds. The number of carbonyl (C=O) groups is 2. The summed E-state index contributed by atoms with van der Waals surface area (Å²) in [5.74, 6) is -1.21. The predicted octanol–water partition coefficient (Wildman–Crippen LogP) is 4.06. The first-order chi connectivity index (χ1) is 17.0. The average Bonchev–Trinajstić information content (AvgIpc) is 3.52. The van der Waals surface area contributed by atoms with Gasteiger partial charge in [0, 0.05) is 36.7 Å². The van der Waals surface area contributed by atoms with Crippen molar-refractivity contribution in [2.24, 2.45) is 5.92 Å². The number of ether oxygens (including phenoxy) is 1. The Labute approximate surface area is 201 Å². The summed E-state index contributed by atoms with van der Waals surface area (Å²) in [6.45, 7) is 1.03. The second-order valence-electron chi connectivity index (χ2n) is 9.61. The lowest BCUT2D eigenvalue weighted by Gasteiger charge is -2.29. The van der Waals surface area contributed by atoms with Crippen molar-refractivity contribution in [2.45, 2.75) is 63.0 Å². The largest absolute Gasteiger partial charge is 0.481 e. The number of amides is 1. The summed E-state index contributed by atoms with van der Waals surface area (Å²) < 4.78 is 26.9. The Morgan fingerprint density at radius 1 is 1.20 bits per heavy atom. The van der Waals surface area contributed by atoms with Crippen LogP contribution in [0.3, 0.4) is 0 Å². The topological polar surface area (TPSA) is 119 Å². The van der Waals surface area contributed by atoms with E-state index in [4.69, 9.17) is 14.3 Å². The van der Waals surface area contributed by atoms with E-state index < -0.39 is 17.7 Å². The Balaban J connectivity index is 1.11. The van der Waals surface area contributed by atoms with Crippen LogP contribution < -0.4 is 5.32 Å². The normalized spacial score (nSPS) is 24.9. The van der Waals surface area contributed by atoms with Crippen LogP contribution in [0.15, 0.2) is 35.1 Å². The highest BCUT2D eigenvalue weighted by Gasteiger charge is 2.29. The number of carboxylic acids is 1. The summed E-state index contributed by atoms with van der Waals surface area (Å²) in [6, 6.07) is 4.57. The molecular weight excluding hydrogens is 455 g/mol. The number of nitrogens with one attached hydrogen (secondary N) is 1. The Morgan fingerprint density at radius 3 is 2.83 bits per heavy atom. The molecule has 3 aromatic rings. The molecule has 1 saturated carbocycles. The van der Waals surface area contributed by atoms with E-state index in [2.05, 4.69) is 15.6 Å². The van der Waals surface area contributed by atoms with Gasteiger partial charge in [-0.15, -0.1) is 5.10 Å². The molecule has 1 aliphatic heterocycles. The first-order valence-electron chi connectivity index (χ1n) is 12.2. The van der Waals surface area contributed by atoms with Crippen molar-refractivity contribution >= 4 is 22.8 Å². The quantitative estimate of drug-likeness (QED) is 0.519. The Hall–Kier alpha value is -3.27. The highest BCUT2D eigenvalue weighted by molar-refractivity contribution is 5.98. The summed E-state index contributed by atoms with van der Waals surface area (Å²) in [7, 11) is 0. The van der Waals surface area contributed by atoms with Gasteiger partial charge in [0.15, 0.2) is 0 Å². The molecule has 2 N–H and O–H groups in total. The number of nitrogens with zero attached hydrogens (tertiary/aromatic N) is 3. The maximum Gasteiger partial charge on any atom is 0.305 e. The number of hydrogen-bond acceptors (Lipinski definition) is 6. The van der Waals surface area contributed by atoms with Gasteiger partial charge in [-0.25, -0.2) is 9.07 Å². The molecule has 0 spiro atoms. The van der Waals surface area contributed by atoms with Gasteiger partial charge in [0.2, 0.25) is 0 Å². The Morgan fingerprint density at radius 2 is 2.03 bits per heavy atom. The van der Waals surface area contributed by atoms with Gasteiger partial charge in [0.05, 0.1) is 36.1 Å². The molecule has 2 aromatic heterocycles. The third-order valence-electron chi connectivity index (χ3n) is 7.25. The number of halogens is 1. The van der Waals surface area contributed by atoms with Crippen LogP contribution in [0.4, 0.5) is 4.39 Å². The van der Waals surface area contributed by atoms with Crippen LogP contribution in [0, 0.1) is 11.7 Å². The number of carbonyl (C=O) groups excluding carboxylic acids is 1. The molecule has 2 fully saturated rings. The number of benzene rings is 1. The summed E-state index contributed by atoms with van der Waals surface area (Å²) in [6.07, 6.45) is 8.38. The summed E-state index contributed by atoms with van der Waals surface area (Å²) in [5, 5.41) is 21.4. The van der Waals surface area contributed by atoms with E-state index >= 15 is 0 Å². The molecule has 5 rings (SSSR count). The lowest BCUT2D eigenvalue weighted by atomic mass is 9.80. The molecule has 9 nitrogen and oxygen atoms in total. The van der Waals surface area contributed by atoms with Crippen LogP contribution in [0.1, 0.15) is 73.0 Å². The van der Waals surface area contributed by atoms with E-state index in [-0.39, 0.29) is 24.1 Å². The molecule has 2 aliphatic rings. The van der Waals surface area contributed by atoms with Gasteiger partial charge in [-0.2, -0.15) is 0 Å². The van der Waals surface area contributed by atoms with E-state index in [1.165, 1.54) is 18.4 Å². The highest BCUT2D eigenvalue weighted by atomic mass is 19.1. The Kier molecular flexibility index (Phi) is 6.81. The number of rotatable bonds is 7. The number of hydrogen-bond donors (Lipinski definition) is 2. The minimum Gasteiger partial charge on any atom is -0.481 e. The lowest BCUT2D eigenvalue weighted by Crippen LogP contribution is -2.31. The van der Waals surface area contributed by atoms with Crippen molar-refractivity contribution in [3.63, 3.8) is 0 Å². The van der Waals surface area contributed by atoms with Gasteiger partial charge >= 0.3 is 5.97 Å². The monoisotopic (exact) mass is 484 g/mol. The first-order valence-corrected chi connectivity index (χ1v) is 12.2. The molecule has 1 aliphatic carbocycles. The minimum absolute atomic E-state index is 0.00316.